The van der Waals surface area contributed by atoms with Gasteiger partial charge in [0.15, 0.2) is 0 Å². The molecule has 0 N–H and O–H groups in total. The van der Waals surface area contributed by atoms with Crippen molar-refractivity contribution in [3.8, 4) is 0 Å². The second-order valence-corrected chi connectivity index (χ2v) is 7.01. The molecule has 1 aliphatic rings. The molecule has 1 saturated heterocycles. The van der Waals surface area contributed by atoms with Crippen molar-refractivity contribution in [3.63, 3.8) is 0 Å². The molecule has 2 heterocycles. The summed E-state index contributed by atoms with van der Waals surface area (Å²) in [6.45, 7) is 10.8. The lowest BCUT2D eigenvalue weighted by Gasteiger charge is -2.33. The average molecular weight is 337 g/mol. The van der Waals surface area contributed by atoms with Gasteiger partial charge in [0.2, 0.25) is 0 Å². The van der Waals surface area contributed by atoms with Crippen LogP contribution in [0.2, 0.25) is 0 Å². The number of hydrogen-bond donors (Lipinski definition) is 0. The highest BCUT2D eigenvalue weighted by Crippen LogP contribution is 2.25. The number of amides is 1. The first-order valence-electron chi connectivity index (χ1n) is 8.42. The number of carbonyl (C=O) groups excluding carboxylic acids is 2. The summed E-state index contributed by atoms with van der Waals surface area (Å²) in [4.78, 5) is 25.7. The van der Waals surface area contributed by atoms with Crippen molar-refractivity contribution in [2.24, 2.45) is 0 Å². The molecule has 0 aliphatic carbocycles. The first-order valence-corrected chi connectivity index (χ1v) is 8.42. The lowest BCUT2D eigenvalue weighted by atomic mass is 10.1. The fraction of sp³-hybridized carbons (Fsp3) is 0.706. The average Bonchev–Trinajstić information content (AvgIpc) is 2.87. The predicted octanol–water partition coefficient (Wildman–Crippen LogP) is 2.94. The highest BCUT2D eigenvalue weighted by atomic mass is 16.6. The molecule has 0 unspecified atom stereocenters. The third-order valence-electron chi connectivity index (χ3n) is 4.00. The molecule has 1 amide bonds. The maximum absolute atomic E-state index is 12.1. The number of esters is 1. The molecule has 0 saturated carbocycles. The monoisotopic (exact) mass is 337 g/mol. The van der Waals surface area contributed by atoms with Crippen LogP contribution >= 0.6 is 0 Å². The van der Waals surface area contributed by atoms with E-state index in [0.717, 1.165) is 18.5 Å². The van der Waals surface area contributed by atoms with Gasteiger partial charge in [0.25, 0.3) is 0 Å². The Labute approximate surface area is 142 Å². The first-order chi connectivity index (χ1) is 11.2. The molecule has 1 aromatic heterocycles. The van der Waals surface area contributed by atoms with E-state index in [2.05, 4.69) is 5.10 Å². The summed E-state index contributed by atoms with van der Waals surface area (Å²) >= 11 is 0. The van der Waals surface area contributed by atoms with Gasteiger partial charge in [-0.05, 0) is 47.5 Å². The van der Waals surface area contributed by atoms with Crippen LogP contribution in [-0.2, 0) is 9.47 Å². The van der Waals surface area contributed by atoms with Crippen LogP contribution in [0.15, 0.2) is 6.20 Å². The van der Waals surface area contributed by atoms with E-state index in [1.807, 2.05) is 32.4 Å². The van der Waals surface area contributed by atoms with Crippen LogP contribution in [0.5, 0.6) is 0 Å². The number of hydrogen-bond acceptors (Lipinski definition) is 5. The fourth-order valence-electron chi connectivity index (χ4n) is 2.82. The Morgan fingerprint density at radius 2 is 1.92 bits per heavy atom. The third-order valence-corrected chi connectivity index (χ3v) is 4.00. The number of rotatable bonds is 3. The Hall–Kier alpha value is -2.05. The molecule has 0 radical (unpaired) electrons. The molecule has 2 rings (SSSR count). The van der Waals surface area contributed by atoms with E-state index in [9.17, 15) is 9.59 Å². The largest absolute Gasteiger partial charge is 0.462 e. The third kappa shape index (κ3) is 4.27. The van der Waals surface area contributed by atoms with Crippen molar-refractivity contribution in [1.82, 2.24) is 14.7 Å². The molecule has 24 heavy (non-hydrogen) atoms. The SMILES string of the molecule is CCOC(=O)c1cnn(C2CCN(C(=O)OC(C)(C)C)CC2)c1C. The van der Waals surface area contributed by atoms with E-state index < -0.39 is 5.60 Å². The van der Waals surface area contributed by atoms with Gasteiger partial charge in [-0.3, -0.25) is 4.68 Å². The number of carbonyl (C=O) groups is 2. The maximum Gasteiger partial charge on any atom is 0.410 e. The van der Waals surface area contributed by atoms with Crippen molar-refractivity contribution in [1.29, 1.82) is 0 Å². The first kappa shape index (κ1) is 18.3. The Balaban J connectivity index is 1.98. The normalized spacial score (nSPS) is 16.1. The standard InChI is InChI=1S/C17H27N3O4/c1-6-23-15(21)14-11-18-20(12(14)2)13-7-9-19(10-8-13)16(22)24-17(3,4)5/h11,13H,6-10H2,1-5H3. The molecule has 0 aromatic carbocycles. The van der Waals surface area contributed by atoms with Gasteiger partial charge in [0.1, 0.15) is 11.2 Å². The van der Waals surface area contributed by atoms with Crippen LogP contribution in [0.3, 0.4) is 0 Å². The molecular weight excluding hydrogens is 310 g/mol. The summed E-state index contributed by atoms with van der Waals surface area (Å²) in [5.41, 5.74) is 0.830. The minimum absolute atomic E-state index is 0.173. The van der Waals surface area contributed by atoms with E-state index in [0.29, 0.717) is 25.3 Å². The maximum atomic E-state index is 12.1. The Bertz CT molecular complexity index is 595. The van der Waals surface area contributed by atoms with Gasteiger partial charge in [0, 0.05) is 13.1 Å². The van der Waals surface area contributed by atoms with Crippen molar-refractivity contribution in [2.75, 3.05) is 19.7 Å². The summed E-state index contributed by atoms with van der Waals surface area (Å²) in [6, 6.07) is 0.173. The summed E-state index contributed by atoms with van der Waals surface area (Å²) in [5.74, 6) is -0.340. The Kier molecular flexibility index (Phi) is 5.51. The van der Waals surface area contributed by atoms with Crippen molar-refractivity contribution < 1.29 is 19.1 Å². The van der Waals surface area contributed by atoms with Gasteiger partial charge in [-0.1, -0.05) is 0 Å². The summed E-state index contributed by atoms with van der Waals surface area (Å²) < 4.78 is 12.3. The molecule has 0 atom stereocenters. The minimum Gasteiger partial charge on any atom is -0.462 e. The quantitative estimate of drug-likeness (QED) is 0.793. The molecule has 0 bridgehead atoms. The molecule has 1 aliphatic heterocycles. The zero-order chi connectivity index (χ0) is 17.9. The minimum atomic E-state index is -0.485. The zero-order valence-electron chi connectivity index (χ0n) is 15.2. The highest BCUT2D eigenvalue weighted by molar-refractivity contribution is 5.90. The van der Waals surface area contributed by atoms with E-state index in [1.54, 1.807) is 18.0 Å². The van der Waals surface area contributed by atoms with Gasteiger partial charge in [-0.2, -0.15) is 5.10 Å². The van der Waals surface area contributed by atoms with Gasteiger partial charge in [0.05, 0.1) is 24.5 Å². The fourth-order valence-corrected chi connectivity index (χ4v) is 2.82. The van der Waals surface area contributed by atoms with Crippen LogP contribution in [0, 0.1) is 6.92 Å². The lowest BCUT2D eigenvalue weighted by molar-refractivity contribution is 0.0184. The lowest BCUT2D eigenvalue weighted by Crippen LogP contribution is -2.42. The molecular formula is C17H27N3O4. The van der Waals surface area contributed by atoms with Gasteiger partial charge < -0.3 is 14.4 Å². The molecule has 7 heteroatoms. The molecule has 7 nitrogen and oxygen atoms in total. The van der Waals surface area contributed by atoms with Crippen LogP contribution in [0.25, 0.3) is 0 Å². The number of piperidine rings is 1. The molecule has 134 valence electrons. The second kappa shape index (κ2) is 7.23. The summed E-state index contributed by atoms with van der Waals surface area (Å²) in [7, 11) is 0. The highest BCUT2D eigenvalue weighted by Gasteiger charge is 2.29. The second-order valence-electron chi connectivity index (χ2n) is 7.01. The number of aromatic nitrogens is 2. The van der Waals surface area contributed by atoms with E-state index in [-0.39, 0.29) is 18.1 Å². The van der Waals surface area contributed by atoms with Crippen LogP contribution in [-0.4, -0.2) is 52.0 Å². The topological polar surface area (TPSA) is 73.7 Å². The zero-order valence-corrected chi connectivity index (χ0v) is 15.2. The van der Waals surface area contributed by atoms with Crippen molar-refractivity contribution in [2.45, 2.75) is 59.1 Å². The van der Waals surface area contributed by atoms with Crippen molar-refractivity contribution in [3.05, 3.63) is 17.5 Å². The molecule has 0 spiro atoms. The van der Waals surface area contributed by atoms with Gasteiger partial charge in [-0.15, -0.1) is 0 Å². The van der Waals surface area contributed by atoms with E-state index >= 15 is 0 Å². The number of ether oxygens (including phenoxy) is 2. The van der Waals surface area contributed by atoms with Gasteiger partial charge >= 0.3 is 12.1 Å². The van der Waals surface area contributed by atoms with Crippen molar-refractivity contribution >= 4 is 12.1 Å². The van der Waals surface area contributed by atoms with E-state index in [1.165, 1.54) is 0 Å². The number of likely N-dealkylation sites (tertiary alicyclic amines) is 1. The van der Waals surface area contributed by atoms with Crippen LogP contribution in [0.4, 0.5) is 4.79 Å². The van der Waals surface area contributed by atoms with E-state index in [4.69, 9.17) is 9.47 Å². The predicted molar refractivity (Wildman–Crippen MR) is 89.0 cm³/mol. The summed E-state index contributed by atoms with van der Waals surface area (Å²) in [5, 5.41) is 4.35. The summed E-state index contributed by atoms with van der Waals surface area (Å²) in [6.07, 6.45) is 2.85. The Morgan fingerprint density at radius 3 is 2.46 bits per heavy atom. The Morgan fingerprint density at radius 1 is 1.29 bits per heavy atom. The van der Waals surface area contributed by atoms with Crippen LogP contribution < -0.4 is 0 Å². The smallest absolute Gasteiger partial charge is 0.410 e. The van der Waals surface area contributed by atoms with Crippen LogP contribution in [0.1, 0.15) is 62.6 Å². The number of nitrogens with zero attached hydrogens (tertiary/aromatic N) is 3. The molecule has 1 aromatic rings. The molecule has 1 fully saturated rings. The van der Waals surface area contributed by atoms with Gasteiger partial charge in [-0.25, -0.2) is 9.59 Å².